The largest absolute Gasteiger partial charge is 0.494 e. The number of carbonyl (C=O) groups excluding carboxylic acids is 2. The number of rotatable bonds is 19. The van der Waals surface area contributed by atoms with Crippen LogP contribution in [-0.4, -0.2) is 48.9 Å². The summed E-state index contributed by atoms with van der Waals surface area (Å²) in [6.45, 7) is 19.3. The standard InChI is InChI=1S/C36H56N2O4/c1-9-11-23-41-31-19-15-27(16-20-31)33(39)29(25-37-35(3,4)5)13-14-30(26-38-36(6,7)8)34(40)28-17-21-32(22-18-28)42-24-12-10-2/h15-22,29-30,37-38H,9-14,23-26H2,1-8H3. The molecule has 42 heavy (non-hydrogen) atoms. The maximum atomic E-state index is 13.8. The molecule has 0 bridgehead atoms. The van der Waals surface area contributed by atoms with Crippen LogP contribution in [0.25, 0.3) is 0 Å². The Bertz CT molecular complexity index is 978. The molecule has 2 atom stereocenters. The Balaban J connectivity index is 2.20. The maximum Gasteiger partial charge on any atom is 0.167 e. The van der Waals surface area contributed by atoms with Crippen LogP contribution in [0, 0.1) is 11.8 Å². The van der Waals surface area contributed by atoms with Gasteiger partial charge in [0.25, 0.3) is 0 Å². The molecular weight excluding hydrogens is 524 g/mol. The Morgan fingerprint density at radius 2 is 0.952 bits per heavy atom. The van der Waals surface area contributed by atoms with Crippen LogP contribution in [0.5, 0.6) is 11.5 Å². The summed E-state index contributed by atoms with van der Waals surface area (Å²) in [6.07, 6.45) is 5.37. The van der Waals surface area contributed by atoms with E-state index in [1.807, 2.05) is 48.5 Å². The Labute approximate surface area is 255 Å². The number of unbranched alkanes of at least 4 members (excludes halogenated alkanes) is 2. The van der Waals surface area contributed by atoms with E-state index in [1.165, 1.54) is 0 Å². The van der Waals surface area contributed by atoms with Crippen LogP contribution >= 0.6 is 0 Å². The highest BCUT2D eigenvalue weighted by Gasteiger charge is 2.27. The fraction of sp³-hybridized carbons (Fsp3) is 0.611. The van der Waals surface area contributed by atoms with Crippen LogP contribution in [0.3, 0.4) is 0 Å². The lowest BCUT2D eigenvalue weighted by Crippen LogP contribution is -2.42. The molecular formula is C36H56N2O4. The summed E-state index contributed by atoms with van der Waals surface area (Å²) in [7, 11) is 0. The number of ether oxygens (including phenoxy) is 2. The number of Topliss-reactive ketones (excluding diaryl/α,β-unsaturated/α-hetero) is 2. The number of hydrogen-bond donors (Lipinski definition) is 2. The van der Waals surface area contributed by atoms with Crippen LogP contribution in [0.2, 0.25) is 0 Å². The zero-order valence-corrected chi connectivity index (χ0v) is 27.5. The number of benzene rings is 2. The third-order valence-electron chi connectivity index (χ3n) is 7.17. The molecule has 2 rings (SSSR count). The van der Waals surface area contributed by atoms with E-state index >= 15 is 0 Å². The molecule has 0 aliphatic rings. The SMILES string of the molecule is CCCCOc1ccc(C(=O)C(CCC(CNC(C)(C)C)C(=O)c2ccc(OCCCC)cc2)CNC(C)(C)C)cc1. The molecule has 0 heterocycles. The highest BCUT2D eigenvalue weighted by atomic mass is 16.5. The van der Waals surface area contributed by atoms with Crippen molar-refractivity contribution in [1.82, 2.24) is 10.6 Å². The van der Waals surface area contributed by atoms with E-state index in [4.69, 9.17) is 9.47 Å². The van der Waals surface area contributed by atoms with Crippen molar-refractivity contribution in [3.8, 4) is 11.5 Å². The lowest BCUT2D eigenvalue weighted by atomic mass is 9.85. The van der Waals surface area contributed by atoms with Crippen molar-refractivity contribution in [2.24, 2.45) is 11.8 Å². The minimum absolute atomic E-state index is 0.0930. The molecule has 0 saturated heterocycles. The molecule has 0 aliphatic carbocycles. The summed E-state index contributed by atoms with van der Waals surface area (Å²) in [5.41, 5.74) is 1.10. The van der Waals surface area contributed by atoms with Gasteiger partial charge >= 0.3 is 0 Å². The van der Waals surface area contributed by atoms with Crippen molar-refractivity contribution in [2.75, 3.05) is 26.3 Å². The van der Waals surface area contributed by atoms with Gasteiger partial charge < -0.3 is 20.1 Å². The summed E-state index contributed by atoms with van der Waals surface area (Å²) < 4.78 is 11.6. The lowest BCUT2D eigenvalue weighted by molar-refractivity contribution is 0.0858. The molecule has 0 spiro atoms. The molecule has 6 heteroatoms. The molecule has 2 N–H and O–H groups in total. The average molecular weight is 581 g/mol. The van der Waals surface area contributed by atoms with Crippen LogP contribution in [0.15, 0.2) is 48.5 Å². The van der Waals surface area contributed by atoms with E-state index in [1.54, 1.807) is 0 Å². The van der Waals surface area contributed by atoms with Crippen LogP contribution in [0.4, 0.5) is 0 Å². The van der Waals surface area contributed by atoms with Gasteiger partial charge in [-0.2, -0.15) is 0 Å². The van der Waals surface area contributed by atoms with Gasteiger partial charge in [0.05, 0.1) is 13.2 Å². The van der Waals surface area contributed by atoms with Gasteiger partial charge in [0.2, 0.25) is 0 Å². The molecule has 6 nitrogen and oxygen atoms in total. The topological polar surface area (TPSA) is 76.7 Å². The molecule has 0 aromatic heterocycles. The second kappa shape index (κ2) is 17.4. The average Bonchev–Trinajstić information content (AvgIpc) is 2.94. The normalized spacial score (nSPS) is 13.4. The molecule has 0 fully saturated rings. The smallest absolute Gasteiger partial charge is 0.167 e. The molecule has 234 valence electrons. The van der Waals surface area contributed by atoms with Gasteiger partial charge in [0.1, 0.15) is 11.5 Å². The summed E-state index contributed by atoms with van der Waals surface area (Å²) in [5.74, 6) is 1.24. The fourth-order valence-corrected chi connectivity index (χ4v) is 4.48. The van der Waals surface area contributed by atoms with Gasteiger partial charge in [-0.1, -0.05) is 26.7 Å². The van der Waals surface area contributed by atoms with Crippen molar-refractivity contribution < 1.29 is 19.1 Å². The molecule has 2 aromatic rings. The first-order chi connectivity index (χ1) is 19.8. The number of ketones is 2. The van der Waals surface area contributed by atoms with E-state index in [0.29, 0.717) is 50.3 Å². The Morgan fingerprint density at radius 3 is 1.24 bits per heavy atom. The predicted molar refractivity (Wildman–Crippen MR) is 174 cm³/mol. The van der Waals surface area contributed by atoms with Gasteiger partial charge in [-0.25, -0.2) is 0 Å². The van der Waals surface area contributed by atoms with Gasteiger partial charge in [0, 0.05) is 47.1 Å². The Hall–Kier alpha value is -2.70. The molecule has 0 aliphatic heterocycles. The van der Waals surface area contributed by atoms with Crippen molar-refractivity contribution in [1.29, 1.82) is 0 Å². The van der Waals surface area contributed by atoms with Crippen molar-refractivity contribution in [2.45, 2.75) is 105 Å². The number of hydrogen-bond acceptors (Lipinski definition) is 6. The van der Waals surface area contributed by atoms with Gasteiger partial charge in [-0.3, -0.25) is 9.59 Å². The quantitative estimate of drug-likeness (QED) is 0.130. The monoisotopic (exact) mass is 580 g/mol. The van der Waals surface area contributed by atoms with Gasteiger partial charge in [-0.15, -0.1) is 0 Å². The maximum absolute atomic E-state index is 13.8. The summed E-state index contributed by atoms with van der Waals surface area (Å²) in [5, 5.41) is 7.05. The van der Waals surface area contributed by atoms with Crippen molar-refractivity contribution in [3.05, 3.63) is 59.7 Å². The minimum Gasteiger partial charge on any atom is -0.494 e. The first-order valence-electron chi connectivity index (χ1n) is 15.9. The third-order valence-corrected chi connectivity index (χ3v) is 7.17. The van der Waals surface area contributed by atoms with Gasteiger partial charge in [0.15, 0.2) is 11.6 Å². The first kappa shape index (κ1) is 35.5. The highest BCUT2D eigenvalue weighted by molar-refractivity contribution is 5.99. The number of carbonyl (C=O) groups is 2. The summed E-state index contributed by atoms with van der Waals surface area (Å²) in [6, 6.07) is 15.0. The fourth-order valence-electron chi connectivity index (χ4n) is 4.48. The predicted octanol–water partition coefficient (Wildman–Crippen LogP) is 7.90. The van der Waals surface area contributed by atoms with Crippen molar-refractivity contribution in [3.63, 3.8) is 0 Å². The van der Waals surface area contributed by atoms with E-state index in [-0.39, 0.29) is 34.5 Å². The van der Waals surface area contributed by atoms with E-state index < -0.39 is 0 Å². The second-order valence-corrected chi connectivity index (χ2v) is 13.4. The Morgan fingerprint density at radius 1 is 0.619 bits per heavy atom. The Kier molecular flexibility index (Phi) is 14.7. The lowest BCUT2D eigenvalue weighted by Gasteiger charge is -2.28. The molecule has 2 aromatic carbocycles. The zero-order valence-electron chi connectivity index (χ0n) is 27.5. The van der Waals surface area contributed by atoms with Gasteiger partial charge in [-0.05, 0) is 116 Å². The van der Waals surface area contributed by atoms with E-state index in [9.17, 15) is 9.59 Å². The highest BCUT2D eigenvalue weighted by Crippen LogP contribution is 2.24. The minimum atomic E-state index is -0.254. The zero-order chi connectivity index (χ0) is 31.2. The van der Waals surface area contributed by atoms with Crippen LogP contribution in [-0.2, 0) is 0 Å². The molecule has 0 amide bonds. The van der Waals surface area contributed by atoms with Crippen LogP contribution in [0.1, 0.15) is 115 Å². The summed E-state index contributed by atoms with van der Waals surface area (Å²) >= 11 is 0. The van der Waals surface area contributed by atoms with Crippen molar-refractivity contribution >= 4 is 11.6 Å². The van der Waals surface area contributed by atoms with Crippen LogP contribution < -0.4 is 20.1 Å². The second-order valence-electron chi connectivity index (χ2n) is 13.4. The first-order valence-corrected chi connectivity index (χ1v) is 15.9. The van der Waals surface area contributed by atoms with E-state index in [2.05, 4.69) is 66.0 Å². The summed E-state index contributed by atoms with van der Waals surface area (Å²) in [4.78, 5) is 27.5. The molecule has 0 saturated carbocycles. The van der Waals surface area contributed by atoms with E-state index in [0.717, 1.165) is 37.2 Å². The number of nitrogens with one attached hydrogen (secondary N) is 2. The molecule has 0 radical (unpaired) electrons. The molecule has 2 unspecified atom stereocenters. The third kappa shape index (κ3) is 13.5.